The molecule has 0 heterocycles. The fourth-order valence-corrected chi connectivity index (χ4v) is 1.10. The number of hydrogen-bond acceptors (Lipinski definition) is 4. The summed E-state index contributed by atoms with van der Waals surface area (Å²) in [4.78, 5) is 20.7. The summed E-state index contributed by atoms with van der Waals surface area (Å²) in [6, 6.07) is 1.78. The van der Waals surface area contributed by atoms with Crippen molar-refractivity contribution in [2.24, 2.45) is 0 Å². The molecule has 2 N–H and O–H groups in total. The van der Waals surface area contributed by atoms with Gasteiger partial charge in [-0.05, 0) is 13.0 Å². The molecule has 0 saturated heterocycles. The van der Waals surface area contributed by atoms with Crippen LogP contribution in [0.5, 0.6) is 0 Å². The number of anilines is 1. The predicted octanol–water partition coefficient (Wildman–Crippen LogP) is 1.52. The van der Waals surface area contributed by atoms with Gasteiger partial charge in [-0.25, -0.2) is 4.39 Å². The summed E-state index contributed by atoms with van der Waals surface area (Å²) in [5, 5.41) is 10.5. The molecule has 0 spiro atoms. The highest BCUT2D eigenvalue weighted by atomic mass is 19.1. The van der Waals surface area contributed by atoms with Gasteiger partial charge < -0.3 is 5.73 Å². The van der Waals surface area contributed by atoms with Crippen LogP contribution >= 0.6 is 0 Å². The van der Waals surface area contributed by atoms with Gasteiger partial charge in [0.1, 0.15) is 11.4 Å². The van der Waals surface area contributed by atoms with E-state index in [4.69, 9.17) is 5.73 Å². The molecule has 0 aliphatic heterocycles. The lowest BCUT2D eigenvalue weighted by atomic mass is 10.1. The molecule has 1 aromatic rings. The molecule has 0 aliphatic rings. The Labute approximate surface area is 78.5 Å². The molecule has 14 heavy (non-hydrogen) atoms. The maximum absolute atomic E-state index is 12.9. The summed E-state index contributed by atoms with van der Waals surface area (Å²) >= 11 is 0. The minimum atomic E-state index is -0.833. The van der Waals surface area contributed by atoms with Crippen molar-refractivity contribution >= 4 is 17.2 Å². The molecule has 0 radical (unpaired) electrons. The third-order valence-corrected chi connectivity index (χ3v) is 1.72. The van der Waals surface area contributed by atoms with Crippen LogP contribution in [0, 0.1) is 15.9 Å². The third kappa shape index (κ3) is 1.54. The van der Waals surface area contributed by atoms with Crippen molar-refractivity contribution < 1.29 is 14.1 Å². The molecule has 0 fully saturated rings. The topological polar surface area (TPSA) is 86.2 Å². The Hall–Kier alpha value is -1.98. The second-order valence-electron chi connectivity index (χ2n) is 2.67. The molecule has 0 bridgehead atoms. The number of rotatable bonds is 2. The van der Waals surface area contributed by atoms with Crippen molar-refractivity contribution in [2.45, 2.75) is 6.92 Å². The summed E-state index contributed by atoms with van der Waals surface area (Å²) in [6.07, 6.45) is 0. The highest BCUT2D eigenvalue weighted by Crippen LogP contribution is 2.26. The number of ketones is 1. The van der Waals surface area contributed by atoms with E-state index >= 15 is 0 Å². The SMILES string of the molecule is CC(=O)c1c([N+](=O)[O-])ccc(F)c1N. The molecule has 0 aromatic heterocycles. The van der Waals surface area contributed by atoms with Crippen molar-refractivity contribution in [3.63, 3.8) is 0 Å². The van der Waals surface area contributed by atoms with Gasteiger partial charge in [-0.15, -0.1) is 0 Å². The third-order valence-electron chi connectivity index (χ3n) is 1.72. The van der Waals surface area contributed by atoms with Gasteiger partial charge in [-0.2, -0.15) is 0 Å². The average molecular weight is 198 g/mol. The zero-order valence-corrected chi connectivity index (χ0v) is 7.28. The normalized spacial score (nSPS) is 9.86. The van der Waals surface area contributed by atoms with Crippen LogP contribution < -0.4 is 5.73 Å². The molecule has 74 valence electrons. The van der Waals surface area contributed by atoms with E-state index in [9.17, 15) is 19.3 Å². The molecule has 0 aliphatic carbocycles. The van der Waals surface area contributed by atoms with Crippen molar-refractivity contribution in [1.82, 2.24) is 0 Å². The van der Waals surface area contributed by atoms with E-state index in [1.54, 1.807) is 0 Å². The van der Waals surface area contributed by atoms with Gasteiger partial charge in [0.05, 0.1) is 10.6 Å². The number of halogens is 1. The maximum atomic E-state index is 12.9. The lowest BCUT2D eigenvalue weighted by Crippen LogP contribution is -2.06. The number of carbonyl (C=O) groups excluding carboxylic acids is 1. The average Bonchev–Trinajstić information content (AvgIpc) is 2.08. The summed E-state index contributed by atoms with van der Waals surface area (Å²) < 4.78 is 12.9. The highest BCUT2D eigenvalue weighted by molar-refractivity contribution is 6.03. The van der Waals surface area contributed by atoms with E-state index in [1.807, 2.05) is 0 Å². The number of benzene rings is 1. The molecular formula is C8H7FN2O3. The largest absolute Gasteiger partial charge is 0.396 e. The molecular weight excluding hydrogens is 191 g/mol. The fraction of sp³-hybridized carbons (Fsp3) is 0.125. The Bertz CT molecular complexity index is 417. The number of nitro benzene ring substituents is 1. The molecule has 5 nitrogen and oxygen atoms in total. The first-order chi connectivity index (χ1) is 6.45. The summed E-state index contributed by atoms with van der Waals surface area (Å²) in [7, 11) is 0. The van der Waals surface area contributed by atoms with Crippen LogP contribution in [0.1, 0.15) is 17.3 Å². The standard InChI is InChI=1S/C8H7FN2O3/c1-4(12)7-6(11(13)14)3-2-5(9)8(7)10/h2-3H,10H2,1H3. The predicted molar refractivity (Wildman–Crippen MR) is 47.5 cm³/mol. The zero-order valence-electron chi connectivity index (χ0n) is 7.28. The summed E-state index contributed by atoms with van der Waals surface area (Å²) in [6.45, 7) is 1.10. The second kappa shape index (κ2) is 3.41. The fourth-order valence-electron chi connectivity index (χ4n) is 1.10. The van der Waals surface area contributed by atoms with Crippen LogP contribution in [-0.4, -0.2) is 10.7 Å². The molecule has 1 rings (SSSR count). The van der Waals surface area contributed by atoms with Gasteiger partial charge in [0, 0.05) is 6.07 Å². The maximum Gasteiger partial charge on any atom is 0.282 e. The van der Waals surface area contributed by atoms with Crippen LogP contribution in [0.15, 0.2) is 12.1 Å². The minimum absolute atomic E-state index is 0.380. The highest BCUT2D eigenvalue weighted by Gasteiger charge is 2.22. The quantitative estimate of drug-likeness (QED) is 0.338. The number of nitro groups is 1. The van der Waals surface area contributed by atoms with E-state index in [2.05, 4.69) is 0 Å². The zero-order chi connectivity index (χ0) is 10.9. The number of nitrogen functional groups attached to an aromatic ring is 1. The Morgan fingerprint density at radius 2 is 2.14 bits per heavy atom. The first-order valence-electron chi connectivity index (χ1n) is 3.68. The van der Waals surface area contributed by atoms with Crippen LogP contribution in [0.4, 0.5) is 15.8 Å². The van der Waals surface area contributed by atoms with Crippen LogP contribution in [-0.2, 0) is 0 Å². The van der Waals surface area contributed by atoms with Crippen molar-refractivity contribution in [1.29, 1.82) is 0 Å². The Kier molecular flexibility index (Phi) is 2.46. The lowest BCUT2D eigenvalue weighted by Gasteiger charge is -2.03. The van der Waals surface area contributed by atoms with Gasteiger partial charge in [0.2, 0.25) is 0 Å². The Morgan fingerprint density at radius 1 is 1.57 bits per heavy atom. The van der Waals surface area contributed by atoms with Gasteiger partial charge in [0.15, 0.2) is 5.78 Å². The molecule has 0 unspecified atom stereocenters. The van der Waals surface area contributed by atoms with E-state index in [1.165, 1.54) is 0 Å². The monoisotopic (exact) mass is 198 g/mol. The van der Waals surface area contributed by atoms with Crippen LogP contribution in [0.3, 0.4) is 0 Å². The molecule has 0 amide bonds. The van der Waals surface area contributed by atoms with Crippen LogP contribution in [0.2, 0.25) is 0 Å². The van der Waals surface area contributed by atoms with E-state index in [-0.39, 0.29) is 5.56 Å². The molecule has 0 atom stereocenters. The summed E-state index contributed by atoms with van der Waals surface area (Å²) in [5.41, 5.74) is 3.89. The van der Waals surface area contributed by atoms with Gasteiger partial charge >= 0.3 is 0 Å². The molecule has 1 aromatic carbocycles. The first-order valence-corrected chi connectivity index (χ1v) is 3.68. The number of carbonyl (C=O) groups is 1. The van der Waals surface area contributed by atoms with Gasteiger partial charge in [-0.1, -0.05) is 0 Å². The van der Waals surface area contributed by atoms with Crippen LogP contribution in [0.25, 0.3) is 0 Å². The lowest BCUT2D eigenvalue weighted by molar-refractivity contribution is -0.385. The van der Waals surface area contributed by atoms with E-state index in [0.717, 1.165) is 19.1 Å². The van der Waals surface area contributed by atoms with Gasteiger partial charge in [0.25, 0.3) is 5.69 Å². The van der Waals surface area contributed by atoms with Crippen molar-refractivity contribution in [3.05, 3.63) is 33.6 Å². The Balaban J connectivity index is 3.53. The molecule has 0 saturated carbocycles. The number of nitrogens with zero attached hydrogens (tertiary/aromatic N) is 1. The molecule has 6 heteroatoms. The van der Waals surface area contributed by atoms with Gasteiger partial charge in [-0.3, -0.25) is 14.9 Å². The Morgan fingerprint density at radius 3 is 2.57 bits per heavy atom. The second-order valence-corrected chi connectivity index (χ2v) is 2.67. The van der Waals surface area contributed by atoms with Crippen molar-refractivity contribution in [2.75, 3.05) is 5.73 Å². The number of nitrogens with two attached hydrogens (primary N) is 1. The van der Waals surface area contributed by atoms with Crippen molar-refractivity contribution in [3.8, 4) is 0 Å². The number of Topliss-reactive ketones (excluding diaryl/α,β-unsaturated/α-hetero) is 1. The smallest absolute Gasteiger partial charge is 0.282 e. The first kappa shape index (κ1) is 10.1. The number of hydrogen-bond donors (Lipinski definition) is 1. The minimum Gasteiger partial charge on any atom is -0.396 e. The summed E-state index contributed by atoms with van der Waals surface area (Å²) in [5.74, 6) is -1.46. The van der Waals surface area contributed by atoms with E-state index in [0.29, 0.717) is 0 Å². The van der Waals surface area contributed by atoms with E-state index < -0.39 is 27.9 Å².